The number of thioether (sulfide) groups is 1. The highest BCUT2D eigenvalue weighted by Gasteiger charge is 2.70. The van der Waals surface area contributed by atoms with Gasteiger partial charge in [-0.3, -0.25) is 9.59 Å². The number of carbonyl (C=O) groups is 3. The smallest absolute Gasteiger partial charge is 0.327 e. The molecule has 2 aliphatic heterocycles. The third kappa shape index (κ3) is 3.16. The molecular formula is C18H20F3N3O4S. The maximum absolute atomic E-state index is 13.9. The van der Waals surface area contributed by atoms with E-state index in [9.17, 15) is 32.7 Å². The van der Waals surface area contributed by atoms with Crippen LogP contribution >= 0.6 is 11.8 Å². The summed E-state index contributed by atoms with van der Waals surface area (Å²) >= 11 is 1.25. The van der Waals surface area contributed by atoms with Crippen LogP contribution in [-0.4, -0.2) is 49.5 Å². The number of hydrogen-bond acceptors (Lipinski definition) is 5. The molecule has 0 unspecified atom stereocenters. The Hall–Kier alpha value is -2.27. The number of aliphatic carboxylic acids is 1. The Morgan fingerprint density at radius 2 is 1.90 bits per heavy atom. The zero-order chi connectivity index (χ0) is 21.9. The molecule has 0 radical (unpaired) electrons. The van der Waals surface area contributed by atoms with Gasteiger partial charge in [-0.15, -0.1) is 11.8 Å². The van der Waals surface area contributed by atoms with Crippen LogP contribution in [-0.2, 0) is 27.3 Å². The standard InChI is InChI=1S/C18H20F3N3O4S/c1-17(2)13(14(26)27)24-15(28)18(3,16(24)29-17)23-10(25)5-7-4-9(19)12(21)11(20)8(7)6-22/h4,13,16H,5-6,22H2,1-3H3,(H,23,25)(H,26,27)/t13-,16+,18-/m0/s1. The van der Waals surface area contributed by atoms with Crippen molar-refractivity contribution >= 4 is 29.5 Å². The minimum atomic E-state index is -1.67. The largest absolute Gasteiger partial charge is 0.480 e. The average Bonchev–Trinajstić information content (AvgIpc) is 2.89. The molecule has 3 atom stereocenters. The van der Waals surface area contributed by atoms with Gasteiger partial charge in [0.05, 0.1) is 6.42 Å². The number of benzene rings is 1. The van der Waals surface area contributed by atoms with Crippen LogP contribution in [0.25, 0.3) is 0 Å². The highest BCUT2D eigenvalue weighted by atomic mass is 32.2. The summed E-state index contributed by atoms with van der Waals surface area (Å²) in [7, 11) is 0. The van der Waals surface area contributed by atoms with E-state index < -0.39 is 69.9 Å². The Morgan fingerprint density at radius 1 is 1.28 bits per heavy atom. The summed E-state index contributed by atoms with van der Waals surface area (Å²) in [6.07, 6.45) is -0.521. The van der Waals surface area contributed by atoms with E-state index in [1.54, 1.807) is 13.8 Å². The minimum Gasteiger partial charge on any atom is -0.480 e. The van der Waals surface area contributed by atoms with E-state index in [2.05, 4.69) is 5.32 Å². The molecule has 4 N–H and O–H groups in total. The molecule has 29 heavy (non-hydrogen) atoms. The number of nitrogens with zero attached hydrogens (tertiary/aromatic N) is 1. The number of rotatable bonds is 5. The quantitative estimate of drug-likeness (QED) is 0.476. The SMILES string of the molecule is CC1(C)S[C@H]2N(C(=O)[C@]2(C)NC(=O)Cc2cc(F)c(F)c(F)c2CN)[C@H]1C(=O)O. The average molecular weight is 431 g/mol. The molecule has 0 saturated carbocycles. The number of amides is 2. The lowest BCUT2D eigenvalue weighted by Crippen LogP contribution is -2.78. The summed E-state index contributed by atoms with van der Waals surface area (Å²) in [5.41, 5.74) is 3.57. The Kier molecular flexibility index (Phi) is 5.11. The maximum Gasteiger partial charge on any atom is 0.327 e. The van der Waals surface area contributed by atoms with Crippen molar-refractivity contribution in [2.24, 2.45) is 5.73 Å². The Balaban J connectivity index is 1.81. The molecule has 2 saturated heterocycles. The van der Waals surface area contributed by atoms with Crippen LogP contribution in [0.5, 0.6) is 0 Å². The van der Waals surface area contributed by atoms with E-state index in [4.69, 9.17) is 5.73 Å². The van der Waals surface area contributed by atoms with Gasteiger partial charge in [-0.1, -0.05) is 0 Å². The fraction of sp³-hybridized carbons (Fsp3) is 0.500. The molecule has 1 aromatic carbocycles. The van der Waals surface area contributed by atoms with Crippen LogP contribution in [0.1, 0.15) is 31.9 Å². The Bertz CT molecular complexity index is 926. The number of nitrogens with two attached hydrogens (primary N) is 1. The zero-order valence-corrected chi connectivity index (χ0v) is 16.7. The molecule has 0 bridgehead atoms. The van der Waals surface area contributed by atoms with Crippen LogP contribution in [0.15, 0.2) is 6.07 Å². The summed E-state index contributed by atoms with van der Waals surface area (Å²) in [6.45, 7) is 4.42. The topological polar surface area (TPSA) is 113 Å². The van der Waals surface area contributed by atoms with E-state index in [-0.39, 0.29) is 11.1 Å². The van der Waals surface area contributed by atoms with Gasteiger partial charge in [0, 0.05) is 16.9 Å². The Labute approximate surface area is 168 Å². The van der Waals surface area contributed by atoms with Crippen LogP contribution in [0.4, 0.5) is 13.2 Å². The van der Waals surface area contributed by atoms with Crippen molar-refractivity contribution in [3.63, 3.8) is 0 Å². The first kappa shape index (κ1) is 21.4. The molecule has 158 valence electrons. The predicted molar refractivity (Wildman–Crippen MR) is 98.2 cm³/mol. The monoisotopic (exact) mass is 431 g/mol. The number of hydrogen-bond donors (Lipinski definition) is 3. The number of carboxylic acid groups (broad SMARTS) is 1. The molecule has 0 spiro atoms. The molecule has 7 nitrogen and oxygen atoms in total. The van der Waals surface area contributed by atoms with Gasteiger partial charge < -0.3 is 21.1 Å². The van der Waals surface area contributed by atoms with E-state index in [1.165, 1.54) is 23.6 Å². The molecule has 2 amide bonds. The molecular weight excluding hydrogens is 411 g/mol. The Morgan fingerprint density at radius 3 is 2.45 bits per heavy atom. The fourth-order valence-electron chi connectivity index (χ4n) is 3.91. The van der Waals surface area contributed by atoms with Crippen molar-refractivity contribution in [1.82, 2.24) is 10.2 Å². The highest BCUT2D eigenvalue weighted by molar-refractivity contribution is 8.01. The van der Waals surface area contributed by atoms with Gasteiger partial charge in [-0.2, -0.15) is 0 Å². The zero-order valence-electron chi connectivity index (χ0n) is 15.9. The van der Waals surface area contributed by atoms with Gasteiger partial charge in [-0.25, -0.2) is 18.0 Å². The maximum atomic E-state index is 13.9. The van der Waals surface area contributed by atoms with Crippen molar-refractivity contribution in [3.05, 3.63) is 34.6 Å². The lowest BCUT2D eigenvalue weighted by atomic mass is 9.86. The van der Waals surface area contributed by atoms with Gasteiger partial charge >= 0.3 is 5.97 Å². The molecule has 1 aromatic rings. The normalized spacial score (nSPS) is 27.4. The predicted octanol–water partition coefficient (Wildman–Crippen LogP) is 1.13. The summed E-state index contributed by atoms with van der Waals surface area (Å²) in [6, 6.07) is -0.343. The van der Waals surface area contributed by atoms with Crippen LogP contribution in [0.2, 0.25) is 0 Å². The molecule has 11 heteroatoms. The van der Waals surface area contributed by atoms with Crippen LogP contribution in [0.3, 0.4) is 0 Å². The lowest BCUT2D eigenvalue weighted by molar-refractivity contribution is -0.167. The van der Waals surface area contributed by atoms with Crippen molar-refractivity contribution in [3.8, 4) is 0 Å². The van der Waals surface area contributed by atoms with Crippen LogP contribution in [0, 0.1) is 17.5 Å². The number of halogens is 3. The van der Waals surface area contributed by atoms with E-state index in [1.807, 2.05) is 0 Å². The molecule has 2 heterocycles. The van der Waals surface area contributed by atoms with Crippen molar-refractivity contribution in [1.29, 1.82) is 0 Å². The summed E-state index contributed by atoms with van der Waals surface area (Å²) < 4.78 is 40.1. The molecule has 0 aromatic heterocycles. The van der Waals surface area contributed by atoms with Gasteiger partial charge in [0.2, 0.25) is 5.91 Å². The number of nitrogens with one attached hydrogen (secondary N) is 1. The van der Waals surface area contributed by atoms with Crippen LogP contribution < -0.4 is 11.1 Å². The van der Waals surface area contributed by atoms with Gasteiger partial charge in [0.1, 0.15) is 17.0 Å². The summed E-state index contributed by atoms with van der Waals surface area (Å²) in [4.78, 5) is 38.0. The van der Waals surface area contributed by atoms with Crippen molar-refractivity contribution < 1.29 is 32.7 Å². The van der Waals surface area contributed by atoms with Crippen molar-refractivity contribution in [2.75, 3.05) is 0 Å². The summed E-state index contributed by atoms with van der Waals surface area (Å²) in [5.74, 6) is -7.00. The number of carboxylic acids is 1. The lowest BCUT2D eigenvalue weighted by Gasteiger charge is -2.51. The fourth-order valence-corrected chi connectivity index (χ4v) is 5.55. The second kappa shape index (κ2) is 6.91. The van der Waals surface area contributed by atoms with E-state index in [0.717, 1.165) is 0 Å². The number of β-lactam (4-membered cyclic amide) rings is 1. The molecule has 2 aliphatic rings. The number of fused-ring (bicyclic) bond motifs is 1. The van der Waals surface area contributed by atoms with Crippen molar-refractivity contribution in [2.45, 2.75) is 55.4 Å². The van der Waals surface area contributed by atoms with Gasteiger partial charge in [0.15, 0.2) is 17.5 Å². The summed E-state index contributed by atoms with van der Waals surface area (Å²) in [5, 5.41) is 11.4. The van der Waals surface area contributed by atoms with E-state index in [0.29, 0.717) is 6.07 Å². The first-order valence-corrected chi connectivity index (χ1v) is 9.62. The number of carbonyl (C=O) groups excluding carboxylic acids is 2. The first-order valence-electron chi connectivity index (χ1n) is 8.75. The second-order valence-corrected chi connectivity index (χ2v) is 9.52. The third-order valence-corrected chi connectivity index (χ3v) is 7.07. The van der Waals surface area contributed by atoms with Gasteiger partial charge in [0.25, 0.3) is 5.91 Å². The third-order valence-electron chi connectivity index (χ3n) is 5.32. The minimum absolute atomic E-state index is 0.128. The molecule has 3 rings (SSSR count). The second-order valence-electron chi connectivity index (χ2n) is 7.78. The first-order chi connectivity index (χ1) is 13.3. The van der Waals surface area contributed by atoms with Gasteiger partial charge in [-0.05, 0) is 32.4 Å². The highest BCUT2D eigenvalue weighted by Crippen LogP contribution is 2.54. The molecule has 2 fully saturated rings. The van der Waals surface area contributed by atoms with E-state index >= 15 is 0 Å². The molecule has 0 aliphatic carbocycles.